The van der Waals surface area contributed by atoms with Gasteiger partial charge in [0.2, 0.25) is 5.91 Å². The van der Waals surface area contributed by atoms with Crippen molar-refractivity contribution in [2.75, 3.05) is 23.0 Å². The molecule has 2 aliphatic rings. The highest BCUT2D eigenvalue weighted by atomic mass is 16.5. The Morgan fingerprint density at radius 3 is 2.78 bits per heavy atom. The van der Waals surface area contributed by atoms with Crippen LogP contribution in [0.15, 0.2) is 66.9 Å². The number of nitrogen functional groups attached to an aromatic ring is 1. The number of pyridine rings is 1. The molecule has 41 heavy (non-hydrogen) atoms. The van der Waals surface area contributed by atoms with Gasteiger partial charge in [-0.25, -0.2) is 9.78 Å². The number of carbonyl (C=O) groups excluding carboxylic acids is 2. The molecule has 0 spiro atoms. The molecule has 1 unspecified atom stereocenters. The molecule has 210 valence electrons. The Morgan fingerprint density at radius 1 is 1.12 bits per heavy atom. The molecule has 3 aromatic carbocycles. The molecule has 10 heteroatoms. The molecular formula is C31H31N5O5. The molecule has 2 aliphatic heterocycles. The molecule has 3 heterocycles. The van der Waals surface area contributed by atoms with E-state index in [1.807, 2.05) is 49.4 Å². The van der Waals surface area contributed by atoms with Crippen molar-refractivity contribution in [3.63, 3.8) is 0 Å². The Labute approximate surface area is 236 Å². The lowest BCUT2D eigenvalue weighted by Crippen LogP contribution is -2.33. The number of nitrogens with zero attached hydrogens (tertiary/aromatic N) is 1. The van der Waals surface area contributed by atoms with Crippen LogP contribution < -0.4 is 21.7 Å². The maximum Gasteiger partial charge on any atom is 0.411 e. The van der Waals surface area contributed by atoms with E-state index in [1.165, 1.54) is 0 Å². The maximum absolute atomic E-state index is 13.7. The molecular weight excluding hydrogens is 522 g/mol. The first kappa shape index (κ1) is 27.4. The standard InChI is InChI=1S/C31H31N5O5/c1-2-20-15-23-4-3-21(20)8-10-41-31(40)36-25-12-18(14-27(37)38)11-19(13-25)17-34-30(39)28(23)35-24-5-6-26-22(16-24)7-9-33-29(26)32/h3-7,9,11-13,15-16,28,35H,2,8,10,14,17H2,1H3,(H2,32,33)(H,34,39)(H,36,40)(H,37,38). The Morgan fingerprint density at radius 2 is 1.98 bits per heavy atom. The second-order valence-electron chi connectivity index (χ2n) is 9.93. The molecule has 6 rings (SSSR count). The predicted octanol–water partition coefficient (Wildman–Crippen LogP) is 4.58. The van der Waals surface area contributed by atoms with E-state index < -0.39 is 18.1 Å². The quantitative estimate of drug-likeness (QED) is 0.240. The summed E-state index contributed by atoms with van der Waals surface area (Å²) in [5, 5.41) is 20.1. The van der Waals surface area contributed by atoms with E-state index in [1.54, 1.807) is 24.4 Å². The number of aromatic nitrogens is 1. The van der Waals surface area contributed by atoms with E-state index in [9.17, 15) is 19.5 Å². The molecule has 1 aromatic heterocycles. The van der Waals surface area contributed by atoms with Crippen LogP contribution in [-0.4, -0.2) is 34.7 Å². The van der Waals surface area contributed by atoms with Crippen LogP contribution in [0.1, 0.15) is 40.8 Å². The van der Waals surface area contributed by atoms with Crippen molar-refractivity contribution >= 4 is 45.9 Å². The van der Waals surface area contributed by atoms with Crippen LogP contribution in [0, 0.1) is 0 Å². The number of rotatable bonds is 5. The number of nitrogens with two attached hydrogens (primary N) is 1. The van der Waals surface area contributed by atoms with Crippen LogP contribution in [0.2, 0.25) is 0 Å². The number of aryl methyl sites for hydroxylation is 1. The highest BCUT2D eigenvalue weighted by Gasteiger charge is 2.22. The fraction of sp³-hybridized carbons (Fsp3) is 0.226. The van der Waals surface area contributed by atoms with Gasteiger partial charge in [0.25, 0.3) is 0 Å². The van der Waals surface area contributed by atoms with Crippen LogP contribution in [0.5, 0.6) is 0 Å². The van der Waals surface area contributed by atoms with Gasteiger partial charge in [-0.05, 0) is 76.0 Å². The van der Waals surface area contributed by atoms with Crippen molar-refractivity contribution in [2.45, 2.75) is 38.8 Å². The zero-order valence-electron chi connectivity index (χ0n) is 22.6. The fourth-order valence-corrected chi connectivity index (χ4v) is 5.07. The smallest absolute Gasteiger partial charge is 0.411 e. The molecule has 0 saturated carbocycles. The first-order valence-electron chi connectivity index (χ1n) is 13.4. The van der Waals surface area contributed by atoms with Gasteiger partial charge in [0, 0.05) is 35.9 Å². The lowest BCUT2D eigenvalue weighted by Gasteiger charge is -2.22. The summed E-state index contributed by atoms with van der Waals surface area (Å²) in [5.41, 5.74) is 11.1. The Balaban J connectivity index is 1.52. The number of hydrogen-bond donors (Lipinski definition) is 5. The highest BCUT2D eigenvalue weighted by Crippen LogP contribution is 2.28. The van der Waals surface area contributed by atoms with E-state index >= 15 is 0 Å². The third kappa shape index (κ3) is 6.55. The molecule has 0 fully saturated rings. The van der Waals surface area contributed by atoms with E-state index in [2.05, 4.69) is 20.9 Å². The van der Waals surface area contributed by atoms with Crippen LogP contribution >= 0.6 is 0 Å². The van der Waals surface area contributed by atoms with E-state index in [0.29, 0.717) is 29.1 Å². The summed E-state index contributed by atoms with van der Waals surface area (Å²) in [7, 11) is 0. The summed E-state index contributed by atoms with van der Waals surface area (Å²) in [5.74, 6) is -0.836. The van der Waals surface area contributed by atoms with Crippen molar-refractivity contribution in [3.05, 3.63) is 94.7 Å². The summed E-state index contributed by atoms with van der Waals surface area (Å²) < 4.78 is 5.41. The van der Waals surface area contributed by atoms with Gasteiger partial charge >= 0.3 is 12.1 Å². The number of ether oxygens (including phenoxy) is 1. The van der Waals surface area contributed by atoms with Gasteiger partial charge in [0.1, 0.15) is 11.9 Å². The first-order valence-corrected chi connectivity index (χ1v) is 13.4. The largest absolute Gasteiger partial charge is 0.481 e. The minimum absolute atomic E-state index is 0.118. The molecule has 4 aromatic rings. The number of carboxylic acid groups (broad SMARTS) is 1. The number of hydrogen-bond acceptors (Lipinski definition) is 7. The number of amides is 2. The number of carbonyl (C=O) groups is 3. The van der Waals surface area contributed by atoms with E-state index in [-0.39, 0.29) is 25.5 Å². The van der Waals surface area contributed by atoms with Gasteiger partial charge in [-0.3, -0.25) is 14.9 Å². The van der Waals surface area contributed by atoms with Gasteiger partial charge in [-0.2, -0.15) is 0 Å². The van der Waals surface area contributed by atoms with Crippen LogP contribution in [0.4, 0.5) is 22.0 Å². The number of carboxylic acids is 1. The molecule has 6 N–H and O–H groups in total. The van der Waals surface area contributed by atoms with Gasteiger partial charge in [0.05, 0.1) is 13.0 Å². The Bertz CT molecular complexity index is 1640. The van der Waals surface area contributed by atoms with Crippen molar-refractivity contribution in [1.82, 2.24) is 10.3 Å². The zero-order valence-corrected chi connectivity index (χ0v) is 22.6. The monoisotopic (exact) mass is 553 g/mol. The summed E-state index contributed by atoms with van der Waals surface area (Å²) in [6, 6.07) is 17.7. The molecule has 10 nitrogen and oxygen atoms in total. The SMILES string of the molecule is CCc1cc2ccc1CCOC(=O)Nc1cc(cc(CC(=O)O)c1)CNC(=O)C2Nc1ccc2c(N)nccc2c1. The van der Waals surface area contributed by atoms with Crippen molar-refractivity contribution in [2.24, 2.45) is 0 Å². The van der Waals surface area contributed by atoms with Gasteiger partial charge in [-0.1, -0.05) is 31.2 Å². The number of anilines is 3. The predicted molar refractivity (Wildman–Crippen MR) is 157 cm³/mol. The van der Waals surface area contributed by atoms with Gasteiger partial charge in [-0.15, -0.1) is 0 Å². The lowest BCUT2D eigenvalue weighted by atomic mass is 9.95. The second-order valence-corrected chi connectivity index (χ2v) is 9.93. The lowest BCUT2D eigenvalue weighted by molar-refractivity contribution is -0.136. The van der Waals surface area contributed by atoms with Crippen molar-refractivity contribution in [1.29, 1.82) is 0 Å². The molecule has 0 saturated heterocycles. The summed E-state index contributed by atoms with van der Waals surface area (Å²) in [6.07, 6.45) is 2.02. The number of benzene rings is 3. The van der Waals surface area contributed by atoms with E-state index in [4.69, 9.17) is 10.5 Å². The van der Waals surface area contributed by atoms with E-state index in [0.717, 1.165) is 39.6 Å². The number of nitrogens with one attached hydrogen (secondary N) is 3. The van der Waals surface area contributed by atoms with Crippen molar-refractivity contribution < 1.29 is 24.2 Å². The fourth-order valence-electron chi connectivity index (χ4n) is 5.07. The summed E-state index contributed by atoms with van der Waals surface area (Å²) in [6.45, 7) is 2.32. The molecule has 2 amide bonds. The second kappa shape index (κ2) is 12.0. The van der Waals surface area contributed by atoms with Crippen LogP contribution in [0.25, 0.3) is 10.8 Å². The number of aliphatic carboxylic acids is 1. The third-order valence-electron chi connectivity index (χ3n) is 7.04. The maximum atomic E-state index is 13.7. The molecule has 4 bridgehead atoms. The van der Waals surface area contributed by atoms with Crippen LogP contribution in [-0.2, 0) is 40.1 Å². The zero-order chi connectivity index (χ0) is 28.9. The Hall–Kier alpha value is -5.12. The highest BCUT2D eigenvalue weighted by molar-refractivity contribution is 5.94. The summed E-state index contributed by atoms with van der Waals surface area (Å²) in [4.78, 5) is 41.7. The molecule has 1 atom stereocenters. The first-order chi connectivity index (χ1) is 19.8. The van der Waals surface area contributed by atoms with Crippen LogP contribution in [0.3, 0.4) is 0 Å². The third-order valence-corrected chi connectivity index (χ3v) is 7.04. The van der Waals surface area contributed by atoms with Gasteiger partial charge < -0.3 is 26.2 Å². The minimum atomic E-state index is -1.01. The normalized spacial score (nSPS) is 15.6. The summed E-state index contributed by atoms with van der Waals surface area (Å²) >= 11 is 0. The molecule has 0 radical (unpaired) electrons. The minimum Gasteiger partial charge on any atom is -0.481 e. The Kier molecular flexibility index (Phi) is 8.00. The average molecular weight is 554 g/mol. The van der Waals surface area contributed by atoms with Gasteiger partial charge in [0.15, 0.2) is 0 Å². The topological polar surface area (TPSA) is 156 Å². The van der Waals surface area contributed by atoms with Crippen molar-refractivity contribution in [3.8, 4) is 0 Å². The molecule has 0 aliphatic carbocycles. The average Bonchev–Trinajstić information content (AvgIpc) is 2.94. The number of fused-ring (bicyclic) bond motifs is 10.